The lowest BCUT2D eigenvalue weighted by molar-refractivity contribution is 1.18. The van der Waals surface area contributed by atoms with E-state index in [-0.39, 0.29) is 0 Å². The molecule has 0 unspecified atom stereocenters. The second kappa shape index (κ2) is 9.96. The highest BCUT2D eigenvalue weighted by Crippen LogP contribution is 2.27. The molecule has 0 spiro atoms. The van der Waals surface area contributed by atoms with Crippen molar-refractivity contribution < 1.29 is 0 Å². The van der Waals surface area contributed by atoms with Crippen molar-refractivity contribution in [3.05, 3.63) is 133 Å². The van der Waals surface area contributed by atoms with Crippen LogP contribution in [0.2, 0.25) is 0 Å². The first-order valence-electron chi connectivity index (χ1n) is 12.2. The number of nitrogens with zero attached hydrogens (tertiary/aromatic N) is 4. The van der Waals surface area contributed by atoms with Gasteiger partial charge in [0.1, 0.15) is 0 Å². The molecule has 6 rings (SSSR count). The van der Waals surface area contributed by atoms with Gasteiger partial charge in [-0.1, -0.05) is 78.9 Å². The lowest BCUT2D eigenvalue weighted by Crippen LogP contribution is -1.91. The van der Waals surface area contributed by atoms with Gasteiger partial charge in [0.15, 0.2) is 0 Å². The van der Waals surface area contributed by atoms with Gasteiger partial charge in [-0.15, -0.1) is 0 Å². The Balaban J connectivity index is 1.20. The van der Waals surface area contributed by atoms with Crippen LogP contribution in [-0.4, -0.2) is 19.9 Å². The summed E-state index contributed by atoms with van der Waals surface area (Å²) in [5, 5.41) is 0. The maximum atomic E-state index is 4.82. The number of hydrogen-bond acceptors (Lipinski definition) is 4. The molecule has 4 aromatic heterocycles. The Kier molecular flexibility index (Phi) is 6.05. The molecule has 4 nitrogen and oxygen atoms in total. The predicted octanol–water partition coefficient (Wildman–Crippen LogP) is 7.91. The zero-order valence-corrected chi connectivity index (χ0v) is 20.4. The fourth-order valence-corrected chi connectivity index (χ4v) is 4.32. The molecule has 2 aromatic carbocycles. The lowest BCUT2D eigenvalue weighted by Gasteiger charge is -2.08. The van der Waals surface area contributed by atoms with Crippen molar-refractivity contribution in [2.75, 3.05) is 0 Å². The summed E-state index contributed by atoms with van der Waals surface area (Å²) in [5.74, 6) is 0. The molecule has 4 heteroatoms. The van der Waals surface area contributed by atoms with Gasteiger partial charge in [0, 0.05) is 34.8 Å². The second-order valence-corrected chi connectivity index (χ2v) is 8.88. The zero-order valence-electron chi connectivity index (χ0n) is 20.4. The Morgan fingerprint density at radius 1 is 0.351 bits per heavy atom. The molecule has 0 N–H and O–H groups in total. The molecular weight excluding hydrogens is 452 g/mol. The van der Waals surface area contributed by atoms with Gasteiger partial charge in [-0.25, -0.2) is 4.98 Å². The summed E-state index contributed by atoms with van der Waals surface area (Å²) in [5.41, 5.74) is 10.9. The van der Waals surface area contributed by atoms with Crippen molar-refractivity contribution in [1.29, 1.82) is 0 Å². The summed E-state index contributed by atoms with van der Waals surface area (Å²) >= 11 is 0. The van der Waals surface area contributed by atoms with Crippen molar-refractivity contribution in [2.24, 2.45) is 0 Å². The quantitative estimate of drug-likeness (QED) is 0.254. The molecule has 0 fully saturated rings. The molecule has 0 radical (unpaired) electrons. The Morgan fingerprint density at radius 2 is 0.865 bits per heavy atom. The normalized spacial score (nSPS) is 10.8. The molecule has 4 heterocycles. The first-order valence-corrected chi connectivity index (χ1v) is 12.2. The Hall–Kier alpha value is -4.96. The molecule has 176 valence electrons. The molecule has 0 aliphatic heterocycles. The fourth-order valence-electron chi connectivity index (χ4n) is 4.32. The van der Waals surface area contributed by atoms with Crippen LogP contribution in [0.25, 0.3) is 56.3 Å². The van der Waals surface area contributed by atoms with E-state index >= 15 is 0 Å². The predicted molar refractivity (Wildman–Crippen MR) is 150 cm³/mol. The van der Waals surface area contributed by atoms with E-state index in [1.807, 2.05) is 86.0 Å². The number of hydrogen-bond donors (Lipinski definition) is 0. The van der Waals surface area contributed by atoms with Crippen LogP contribution < -0.4 is 0 Å². The van der Waals surface area contributed by atoms with E-state index in [0.29, 0.717) is 0 Å². The van der Waals surface area contributed by atoms with Crippen LogP contribution in [0.1, 0.15) is 5.69 Å². The van der Waals surface area contributed by atoms with Crippen LogP contribution in [0.3, 0.4) is 0 Å². The van der Waals surface area contributed by atoms with Gasteiger partial charge < -0.3 is 0 Å². The molecular formula is C33H24N4. The molecule has 0 amide bonds. The Bertz CT molecular complexity index is 1640. The van der Waals surface area contributed by atoms with Crippen molar-refractivity contribution in [3.8, 4) is 56.3 Å². The standard InChI is InChI=1S/C33H24N4/c1-23-7-5-11-32(36-23)30-19-17-27(21-34-30)24-13-15-25(16-14-24)28-18-20-31(35-22-28)33-12-6-10-29(37-33)26-8-3-2-4-9-26/h2-22H,1H3. The van der Waals surface area contributed by atoms with E-state index in [0.717, 1.165) is 62.0 Å². The minimum absolute atomic E-state index is 0.854. The highest BCUT2D eigenvalue weighted by atomic mass is 14.8. The molecule has 0 saturated carbocycles. The lowest BCUT2D eigenvalue weighted by atomic mass is 10.0. The van der Waals surface area contributed by atoms with E-state index in [4.69, 9.17) is 9.97 Å². The minimum atomic E-state index is 0.854. The molecule has 0 aliphatic carbocycles. The summed E-state index contributed by atoms with van der Waals surface area (Å²) < 4.78 is 0. The highest BCUT2D eigenvalue weighted by Gasteiger charge is 2.07. The number of benzene rings is 2. The molecule has 0 atom stereocenters. The molecule has 37 heavy (non-hydrogen) atoms. The third kappa shape index (κ3) is 4.91. The van der Waals surface area contributed by atoms with Gasteiger partial charge >= 0.3 is 0 Å². The maximum Gasteiger partial charge on any atom is 0.0893 e. The average Bonchev–Trinajstić information content (AvgIpc) is 2.98. The maximum absolute atomic E-state index is 4.82. The number of pyridine rings is 4. The average molecular weight is 477 g/mol. The summed E-state index contributed by atoms with van der Waals surface area (Å²) in [6.45, 7) is 1.99. The monoisotopic (exact) mass is 476 g/mol. The van der Waals surface area contributed by atoms with Gasteiger partial charge in [-0.3, -0.25) is 15.0 Å². The van der Waals surface area contributed by atoms with E-state index in [1.165, 1.54) is 0 Å². The Morgan fingerprint density at radius 3 is 1.41 bits per heavy atom. The van der Waals surface area contributed by atoms with E-state index in [1.54, 1.807) is 0 Å². The molecule has 6 aromatic rings. The second-order valence-electron chi connectivity index (χ2n) is 8.88. The number of rotatable bonds is 5. The fraction of sp³-hybridized carbons (Fsp3) is 0.0303. The summed E-state index contributed by atoms with van der Waals surface area (Å²) in [7, 11) is 0. The highest BCUT2D eigenvalue weighted by molar-refractivity contribution is 5.72. The minimum Gasteiger partial charge on any atom is -0.254 e. The van der Waals surface area contributed by atoms with Crippen LogP contribution in [0, 0.1) is 6.92 Å². The first-order chi connectivity index (χ1) is 18.2. The van der Waals surface area contributed by atoms with E-state index in [9.17, 15) is 0 Å². The van der Waals surface area contributed by atoms with E-state index in [2.05, 4.69) is 58.5 Å². The van der Waals surface area contributed by atoms with Gasteiger partial charge in [0.05, 0.1) is 28.5 Å². The van der Waals surface area contributed by atoms with Crippen molar-refractivity contribution in [1.82, 2.24) is 19.9 Å². The van der Waals surface area contributed by atoms with Crippen molar-refractivity contribution >= 4 is 0 Å². The van der Waals surface area contributed by atoms with Crippen LogP contribution in [-0.2, 0) is 0 Å². The largest absolute Gasteiger partial charge is 0.254 e. The number of aryl methyl sites for hydroxylation is 1. The van der Waals surface area contributed by atoms with Gasteiger partial charge in [0.25, 0.3) is 0 Å². The third-order valence-electron chi connectivity index (χ3n) is 6.31. The van der Waals surface area contributed by atoms with Crippen LogP contribution in [0.4, 0.5) is 0 Å². The molecule has 0 aliphatic rings. The van der Waals surface area contributed by atoms with Crippen molar-refractivity contribution in [2.45, 2.75) is 6.92 Å². The third-order valence-corrected chi connectivity index (χ3v) is 6.31. The van der Waals surface area contributed by atoms with Gasteiger partial charge in [0.2, 0.25) is 0 Å². The topological polar surface area (TPSA) is 51.6 Å². The van der Waals surface area contributed by atoms with Crippen LogP contribution in [0.5, 0.6) is 0 Å². The van der Waals surface area contributed by atoms with Crippen LogP contribution in [0.15, 0.2) is 128 Å². The smallest absolute Gasteiger partial charge is 0.0893 e. The zero-order chi connectivity index (χ0) is 25.0. The Labute approximate surface area is 216 Å². The SMILES string of the molecule is Cc1cccc(-c2ccc(-c3ccc(-c4ccc(-c5cccc(-c6ccccc6)n5)nc4)cc3)cn2)n1. The summed E-state index contributed by atoms with van der Waals surface area (Å²) in [6, 6.07) is 38.9. The van der Waals surface area contributed by atoms with Gasteiger partial charge in [-0.05, 0) is 54.4 Å². The van der Waals surface area contributed by atoms with E-state index < -0.39 is 0 Å². The first kappa shape index (κ1) is 22.5. The van der Waals surface area contributed by atoms with Crippen molar-refractivity contribution in [3.63, 3.8) is 0 Å². The van der Waals surface area contributed by atoms with Gasteiger partial charge in [-0.2, -0.15) is 0 Å². The number of aromatic nitrogens is 4. The molecule has 0 bridgehead atoms. The van der Waals surface area contributed by atoms with Crippen LogP contribution >= 0.6 is 0 Å². The summed E-state index contributed by atoms with van der Waals surface area (Å²) in [6.07, 6.45) is 3.81. The molecule has 0 saturated heterocycles. The summed E-state index contributed by atoms with van der Waals surface area (Å²) in [4.78, 5) is 18.7.